The Labute approximate surface area is 82.3 Å². The van der Waals surface area contributed by atoms with Crippen LogP contribution in [0.15, 0.2) is 24.3 Å². The molecule has 1 saturated heterocycles. The summed E-state index contributed by atoms with van der Waals surface area (Å²) in [4.78, 5) is 13.3. The highest BCUT2D eigenvalue weighted by atomic mass is 19.1. The van der Waals surface area contributed by atoms with Crippen LogP contribution in [-0.2, 0) is 11.2 Å². The SMILES string of the molecule is O=C(Cc1cccc(F)c1)N1CCC1. The van der Waals surface area contributed by atoms with Gasteiger partial charge in [0, 0.05) is 13.1 Å². The van der Waals surface area contributed by atoms with Crippen molar-refractivity contribution in [2.75, 3.05) is 13.1 Å². The van der Waals surface area contributed by atoms with Crippen LogP contribution in [-0.4, -0.2) is 23.9 Å². The van der Waals surface area contributed by atoms with E-state index >= 15 is 0 Å². The molecule has 0 radical (unpaired) electrons. The number of halogens is 1. The van der Waals surface area contributed by atoms with Crippen molar-refractivity contribution in [2.45, 2.75) is 12.8 Å². The molecule has 1 fully saturated rings. The lowest BCUT2D eigenvalue weighted by Gasteiger charge is -2.30. The number of carbonyl (C=O) groups excluding carboxylic acids is 1. The van der Waals surface area contributed by atoms with Gasteiger partial charge in [0.2, 0.25) is 5.91 Å². The van der Waals surface area contributed by atoms with E-state index in [2.05, 4.69) is 0 Å². The molecule has 0 bridgehead atoms. The highest BCUT2D eigenvalue weighted by molar-refractivity contribution is 5.79. The quantitative estimate of drug-likeness (QED) is 0.698. The molecule has 0 atom stereocenters. The third kappa shape index (κ3) is 1.92. The first-order chi connectivity index (χ1) is 6.75. The summed E-state index contributed by atoms with van der Waals surface area (Å²) >= 11 is 0. The Bertz CT molecular complexity index is 347. The first-order valence-corrected chi connectivity index (χ1v) is 4.78. The lowest BCUT2D eigenvalue weighted by atomic mass is 10.1. The smallest absolute Gasteiger partial charge is 0.226 e. The maximum absolute atomic E-state index is 12.8. The van der Waals surface area contributed by atoms with Gasteiger partial charge in [-0.05, 0) is 24.1 Å². The van der Waals surface area contributed by atoms with Crippen LogP contribution >= 0.6 is 0 Å². The van der Waals surface area contributed by atoms with Crippen LogP contribution in [0.4, 0.5) is 4.39 Å². The summed E-state index contributed by atoms with van der Waals surface area (Å²) in [6.45, 7) is 1.71. The van der Waals surface area contributed by atoms with E-state index < -0.39 is 0 Å². The predicted octanol–water partition coefficient (Wildman–Crippen LogP) is 1.60. The molecule has 0 N–H and O–H groups in total. The summed E-state index contributed by atoms with van der Waals surface area (Å²) < 4.78 is 12.8. The molecule has 2 rings (SSSR count). The minimum absolute atomic E-state index is 0.0989. The van der Waals surface area contributed by atoms with Gasteiger partial charge in [0.1, 0.15) is 5.82 Å². The molecule has 74 valence electrons. The Morgan fingerprint density at radius 1 is 1.43 bits per heavy atom. The van der Waals surface area contributed by atoms with Gasteiger partial charge in [-0.15, -0.1) is 0 Å². The zero-order valence-corrected chi connectivity index (χ0v) is 7.87. The molecule has 0 aromatic heterocycles. The second-order valence-corrected chi connectivity index (χ2v) is 3.54. The molecule has 0 unspecified atom stereocenters. The Balaban J connectivity index is 1.99. The predicted molar refractivity (Wildman–Crippen MR) is 51.3 cm³/mol. The molecule has 14 heavy (non-hydrogen) atoms. The van der Waals surface area contributed by atoms with Crippen LogP contribution in [0.25, 0.3) is 0 Å². The minimum atomic E-state index is -0.279. The summed E-state index contributed by atoms with van der Waals surface area (Å²) in [6.07, 6.45) is 1.41. The Morgan fingerprint density at radius 3 is 2.79 bits per heavy atom. The maximum atomic E-state index is 12.8. The monoisotopic (exact) mass is 193 g/mol. The summed E-state index contributed by atoms with van der Waals surface area (Å²) in [5, 5.41) is 0. The van der Waals surface area contributed by atoms with Crippen LogP contribution in [0, 0.1) is 5.82 Å². The van der Waals surface area contributed by atoms with E-state index in [1.165, 1.54) is 12.1 Å². The number of benzene rings is 1. The third-order valence-electron chi connectivity index (χ3n) is 2.45. The molecule has 3 heteroatoms. The van der Waals surface area contributed by atoms with Gasteiger partial charge < -0.3 is 4.90 Å². The lowest BCUT2D eigenvalue weighted by Crippen LogP contribution is -2.42. The molecule has 2 nitrogen and oxygen atoms in total. The fourth-order valence-corrected chi connectivity index (χ4v) is 1.50. The normalized spacial score (nSPS) is 15.1. The number of carbonyl (C=O) groups is 1. The summed E-state index contributed by atoms with van der Waals surface area (Å²) in [5.74, 6) is -0.180. The minimum Gasteiger partial charge on any atom is -0.342 e. The Morgan fingerprint density at radius 2 is 2.21 bits per heavy atom. The highest BCUT2D eigenvalue weighted by Crippen LogP contribution is 2.10. The van der Waals surface area contributed by atoms with Gasteiger partial charge in [-0.3, -0.25) is 4.79 Å². The molecular weight excluding hydrogens is 181 g/mol. The molecule has 1 aromatic carbocycles. The van der Waals surface area contributed by atoms with Crippen molar-refractivity contribution in [1.29, 1.82) is 0 Å². The van der Waals surface area contributed by atoms with E-state index in [4.69, 9.17) is 0 Å². The number of amides is 1. The van der Waals surface area contributed by atoms with Gasteiger partial charge in [0.15, 0.2) is 0 Å². The Hall–Kier alpha value is -1.38. The van der Waals surface area contributed by atoms with Gasteiger partial charge in [0.25, 0.3) is 0 Å². The lowest BCUT2D eigenvalue weighted by molar-refractivity contribution is -0.133. The third-order valence-corrected chi connectivity index (χ3v) is 2.45. The average Bonchev–Trinajstić information content (AvgIpc) is 1.99. The van der Waals surface area contributed by atoms with Gasteiger partial charge in [-0.2, -0.15) is 0 Å². The fraction of sp³-hybridized carbons (Fsp3) is 0.364. The largest absolute Gasteiger partial charge is 0.342 e. The molecule has 0 spiro atoms. The molecule has 0 saturated carbocycles. The topological polar surface area (TPSA) is 20.3 Å². The molecule has 1 heterocycles. The van der Waals surface area contributed by atoms with Crippen molar-refractivity contribution < 1.29 is 9.18 Å². The second-order valence-electron chi connectivity index (χ2n) is 3.54. The van der Waals surface area contributed by atoms with Crippen LogP contribution in [0.5, 0.6) is 0 Å². The van der Waals surface area contributed by atoms with E-state index in [1.807, 2.05) is 0 Å². The van der Waals surface area contributed by atoms with E-state index in [0.29, 0.717) is 6.42 Å². The zero-order chi connectivity index (χ0) is 9.97. The standard InChI is InChI=1S/C11H12FNO/c12-10-4-1-3-9(7-10)8-11(14)13-5-2-6-13/h1,3-4,7H,2,5-6,8H2. The highest BCUT2D eigenvalue weighted by Gasteiger charge is 2.19. The van der Waals surface area contributed by atoms with Gasteiger partial charge in [-0.25, -0.2) is 4.39 Å². The van der Waals surface area contributed by atoms with E-state index in [-0.39, 0.29) is 11.7 Å². The summed E-state index contributed by atoms with van der Waals surface area (Å²) in [5.41, 5.74) is 0.752. The molecule has 1 aliphatic heterocycles. The number of nitrogens with zero attached hydrogens (tertiary/aromatic N) is 1. The average molecular weight is 193 g/mol. The van der Waals surface area contributed by atoms with Crippen molar-refractivity contribution in [3.63, 3.8) is 0 Å². The number of hydrogen-bond donors (Lipinski definition) is 0. The van der Waals surface area contributed by atoms with Gasteiger partial charge >= 0.3 is 0 Å². The molecule has 1 aliphatic rings. The van der Waals surface area contributed by atoms with Crippen molar-refractivity contribution >= 4 is 5.91 Å². The van der Waals surface area contributed by atoms with Crippen LogP contribution in [0.2, 0.25) is 0 Å². The fourth-order valence-electron chi connectivity index (χ4n) is 1.50. The van der Waals surface area contributed by atoms with E-state index in [9.17, 15) is 9.18 Å². The van der Waals surface area contributed by atoms with Crippen molar-refractivity contribution in [1.82, 2.24) is 4.90 Å². The van der Waals surface area contributed by atoms with Crippen LogP contribution < -0.4 is 0 Å². The number of likely N-dealkylation sites (tertiary alicyclic amines) is 1. The molecule has 0 aliphatic carbocycles. The first-order valence-electron chi connectivity index (χ1n) is 4.78. The second kappa shape index (κ2) is 3.78. The molecule has 1 amide bonds. The summed E-state index contributed by atoms with van der Waals surface area (Å²) in [6, 6.07) is 6.21. The first kappa shape index (κ1) is 9.19. The summed E-state index contributed by atoms with van der Waals surface area (Å²) in [7, 11) is 0. The molecule has 1 aromatic rings. The van der Waals surface area contributed by atoms with Crippen molar-refractivity contribution in [3.05, 3.63) is 35.6 Å². The van der Waals surface area contributed by atoms with Crippen molar-refractivity contribution in [3.8, 4) is 0 Å². The van der Waals surface area contributed by atoms with Gasteiger partial charge in [0.05, 0.1) is 6.42 Å². The van der Waals surface area contributed by atoms with E-state index in [0.717, 1.165) is 25.1 Å². The number of hydrogen-bond acceptors (Lipinski definition) is 1. The Kier molecular flexibility index (Phi) is 2.48. The zero-order valence-electron chi connectivity index (χ0n) is 7.87. The maximum Gasteiger partial charge on any atom is 0.226 e. The molecular formula is C11H12FNO. The van der Waals surface area contributed by atoms with Gasteiger partial charge in [-0.1, -0.05) is 12.1 Å². The van der Waals surface area contributed by atoms with Crippen LogP contribution in [0.3, 0.4) is 0 Å². The number of rotatable bonds is 2. The van der Waals surface area contributed by atoms with Crippen LogP contribution in [0.1, 0.15) is 12.0 Å². The van der Waals surface area contributed by atoms with E-state index in [1.54, 1.807) is 17.0 Å². The van der Waals surface area contributed by atoms with Crippen molar-refractivity contribution in [2.24, 2.45) is 0 Å².